The molecule has 0 saturated carbocycles. The quantitative estimate of drug-likeness (QED) is 0.696. The number of hydrogen-bond donors (Lipinski definition) is 0. The van der Waals surface area contributed by atoms with Crippen molar-refractivity contribution in [2.24, 2.45) is 5.92 Å². The highest BCUT2D eigenvalue weighted by atomic mass is 35.5. The first kappa shape index (κ1) is 10.1. The lowest BCUT2D eigenvalue weighted by atomic mass is 10.2. The molecule has 1 aromatic carbocycles. The summed E-state index contributed by atoms with van der Waals surface area (Å²) in [5, 5.41) is 0.570. The van der Waals surface area contributed by atoms with Crippen LogP contribution in [0.3, 0.4) is 0 Å². The molecule has 0 amide bonds. The predicted molar refractivity (Wildman–Crippen MR) is 52.2 cm³/mol. The molecule has 0 saturated heterocycles. The SMILES string of the molecule is CC(C=O)COc1ccccc1Cl. The van der Waals surface area contributed by atoms with E-state index in [0.717, 1.165) is 6.29 Å². The van der Waals surface area contributed by atoms with Crippen molar-refractivity contribution in [2.45, 2.75) is 6.92 Å². The Balaban J connectivity index is 2.54. The van der Waals surface area contributed by atoms with Crippen LogP contribution in [0.25, 0.3) is 0 Å². The van der Waals surface area contributed by atoms with E-state index >= 15 is 0 Å². The summed E-state index contributed by atoms with van der Waals surface area (Å²) in [6.07, 6.45) is 0.858. The molecule has 0 aromatic heterocycles. The Morgan fingerprint density at radius 1 is 1.54 bits per heavy atom. The molecule has 2 nitrogen and oxygen atoms in total. The average molecular weight is 199 g/mol. The standard InChI is InChI=1S/C10H11ClO2/c1-8(6-12)7-13-10-5-3-2-4-9(10)11/h2-6,8H,7H2,1H3. The Morgan fingerprint density at radius 2 is 2.23 bits per heavy atom. The van der Waals surface area contributed by atoms with Gasteiger partial charge in [0.1, 0.15) is 12.0 Å². The van der Waals surface area contributed by atoms with Crippen LogP contribution in [-0.4, -0.2) is 12.9 Å². The van der Waals surface area contributed by atoms with E-state index in [1.54, 1.807) is 19.1 Å². The van der Waals surface area contributed by atoms with Gasteiger partial charge in [-0.2, -0.15) is 0 Å². The van der Waals surface area contributed by atoms with Gasteiger partial charge in [-0.15, -0.1) is 0 Å². The topological polar surface area (TPSA) is 26.3 Å². The maximum Gasteiger partial charge on any atom is 0.137 e. The molecule has 0 N–H and O–H groups in total. The summed E-state index contributed by atoms with van der Waals surface area (Å²) in [6, 6.07) is 7.20. The van der Waals surface area contributed by atoms with Crippen LogP contribution in [0.4, 0.5) is 0 Å². The summed E-state index contributed by atoms with van der Waals surface area (Å²) in [4.78, 5) is 10.3. The first-order chi connectivity index (χ1) is 6.24. The van der Waals surface area contributed by atoms with E-state index in [0.29, 0.717) is 17.4 Å². The Hall–Kier alpha value is -1.02. The van der Waals surface area contributed by atoms with Gasteiger partial charge in [-0.25, -0.2) is 0 Å². The second kappa shape index (κ2) is 4.87. The highest BCUT2D eigenvalue weighted by molar-refractivity contribution is 6.32. The number of aldehydes is 1. The third-order valence-corrected chi connectivity index (χ3v) is 1.88. The van der Waals surface area contributed by atoms with Crippen LogP contribution in [0.15, 0.2) is 24.3 Å². The van der Waals surface area contributed by atoms with E-state index in [-0.39, 0.29) is 5.92 Å². The van der Waals surface area contributed by atoms with Gasteiger partial charge in [0.05, 0.1) is 11.6 Å². The predicted octanol–water partition coefficient (Wildman–Crippen LogP) is 2.55. The highest BCUT2D eigenvalue weighted by Gasteiger charge is 2.03. The molecular weight excluding hydrogens is 188 g/mol. The van der Waals surface area contributed by atoms with Gasteiger partial charge in [-0.3, -0.25) is 0 Å². The van der Waals surface area contributed by atoms with Crippen molar-refractivity contribution in [2.75, 3.05) is 6.61 Å². The summed E-state index contributed by atoms with van der Waals surface area (Å²) in [7, 11) is 0. The number of benzene rings is 1. The van der Waals surface area contributed by atoms with Gasteiger partial charge in [0.2, 0.25) is 0 Å². The number of carbonyl (C=O) groups is 1. The Kier molecular flexibility index (Phi) is 3.77. The molecule has 1 unspecified atom stereocenters. The van der Waals surface area contributed by atoms with E-state index in [1.165, 1.54) is 0 Å². The fourth-order valence-electron chi connectivity index (χ4n) is 0.822. The van der Waals surface area contributed by atoms with E-state index < -0.39 is 0 Å². The number of ether oxygens (including phenoxy) is 1. The van der Waals surface area contributed by atoms with Gasteiger partial charge in [0, 0.05) is 5.92 Å². The molecule has 1 aromatic rings. The molecular formula is C10H11ClO2. The maximum atomic E-state index is 10.3. The monoisotopic (exact) mass is 198 g/mol. The zero-order valence-electron chi connectivity index (χ0n) is 7.37. The number of para-hydroxylation sites is 1. The van der Waals surface area contributed by atoms with Crippen molar-refractivity contribution in [3.8, 4) is 5.75 Å². The highest BCUT2D eigenvalue weighted by Crippen LogP contribution is 2.23. The molecule has 13 heavy (non-hydrogen) atoms. The van der Waals surface area contributed by atoms with Gasteiger partial charge in [-0.1, -0.05) is 30.7 Å². The molecule has 3 heteroatoms. The molecule has 70 valence electrons. The van der Waals surface area contributed by atoms with Crippen LogP contribution in [-0.2, 0) is 4.79 Å². The van der Waals surface area contributed by atoms with E-state index in [9.17, 15) is 4.79 Å². The molecule has 1 rings (SSSR count). The maximum absolute atomic E-state index is 10.3. The first-order valence-electron chi connectivity index (χ1n) is 4.06. The zero-order chi connectivity index (χ0) is 9.68. The van der Waals surface area contributed by atoms with Crippen LogP contribution in [0.2, 0.25) is 5.02 Å². The van der Waals surface area contributed by atoms with E-state index in [2.05, 4.69) is 0 Å². The summed E-state index contributed by atoms with van der Waals surface area (Å²) < 4.78 is 5.33. The lowest BCUT2D eigenvalue weighted by molar-refractivity contribution is -0.111. The van der Waals surface area contributed by atoms with Crippen molar-refractivity contribution in [3.05, 3.63) is 29.3 Å². The minimum Gasteiger partial charge on any atom is -0.491 e. The number of hydrogen-bond acceptors (Lipinski definition) is 2. The fourth-order valence-corrected chi connectivity index (χ4v) is 1.01. The lowest BCUT2D eigenvalue weighted by Crippen LogP contribution is -2.09. The Labute approximate surface area is 82.5 Å². The van der Waals surface area contributed by atoms with Crippen LogP contribution < -0.4 is 4.74 Å². The van der Waals surface area contributed by atoms with Crippen molar-refractivity contribution in [3.63, 3.8) is 0 Å². The second-order valence-corrected chi connectivity index (χ2v) is 3.26. The van der Waals surface area contributed by atoms with E-state index in [4.69, 9.17) is 16.3 Å². The summed E-state index contributed by atoms with van der Waals surface area (Å²) in [6.45, 7) is 2.16. The van der Waals surface area contributed by atoms with Gasteiger partial charge in [-0.05, 0) is 12.1 Å². The largest absolute Gasteiger partial charge is 0.491 e. The summed E-state index contributed by atoms with van der Waals surface area (Å²) in [5.74, 6) is 0.522. The summed E-state index contributed by atoms with van der Waals surface area (Å²) >= 11 is 5.84. The molecule has 0 heterocycles. The minimum atomic E-state index is -0.101. The van der Waals surface area contributed by atoms with Crippen LogP contribution in [0, 0.1) is 5.92 Å². The smallest absolute Gasteiger partial charge is 0.137 e. The van der Waals surface area contributed by atoms with Gasteiger partial charge >= 0.3 is 0 Å². The third kappa shape index (κ3) is 3.07. The molecule has 0 bridgehead atoms. The number of halogens is 1. The first-order valence-corrected chi connectivity index (χ1v) is 4.44. The minimum absolute atomic E-state index is 0.101. The molecule has 0 fully saturated rings. The molecule has 0 spiro atoms. The molecule has 0 aliphatic heterocycles. The van der Waals surface area contributed by atoms with E-state index in [1.807, 2.05) is 12.1 Å². The van der Waals surface area contributed by atoms with Crippen molar-refractivity contribution < 1.29 is 9.53 Å². The van der Waals surface area contributed by atoms with Gasteiger partial charge in [0.25, 0.3) is 0 Å². The number of carbonyl (C=O) groups excluding carboxylic acids is 1. The third-order valence-electron chi connectivity index (χ3n) is 1.57. The lowest BCUT2D eigenvalue weighted by Gasteiger charge is -2.08. The zero-order valence-corrected chi connectivity index (χ0v) is 8.12. The van der Waals surface area contributed by atoms with Crippen LogP contribution >= 0.6 is 11.6 Å². The van der Waals surface area contributed by atoms with Crippen LogP contribution in [0.5, 0.6) is 5.75 Å². The number of rotatable bonds is 4. The Bertz CT molecular complexity index is 286. The normalized spacial score (nSPS) is 12.2. The fraction of sp³-hybridized carbons (Fsp3) is 0.300. The second-order valence-electron chi connectivity index (χ2n) is 2.85. The van der Waals surface area contributed by atoms with Crippen molar-refractivity contribution in [1.82, 2.24) is 0 Å². The molecule has 0 aliphatic rings. The van der Waals surface area contributed by atoms with Crippen molar-refractivity contribution in [1.29, 1.82) is 0 Å². The van der Waals surface area contributed by atoms with Crippen molar-refractivity contribution >= 4 is 17.9 Å². The molecule has 0 aliphatic carbocycles. The molecule has 1 atom stereocenters. The Morgan fingerprint density at radius 3 is 2.85 bits per heavy atom. The van der Waals surface area contributed by atoms with Gasteiger partial charge < -0.3 is 9.53 Å². The van der Waals surface area contributed by atoms with Gasteiger partial charge in [0.15, 0.2) is 0 Å². The summed E-state index contributed by atoms with van der Waals surface area (Å²) in [5.41, 5.74) is 0. The average Bonchev–Trinajstić information content (AvgIpc) is 2.16. The molecule has 0 radical (unpaired) electrons. The van der Waals surface area contributed by atoms with Crippen LogP contribution in [0.1, 0.15) is 6.92 Å².